The number of allylic oxidation sites excluding steroid dienone is 3. The van der Waals surface area contributed by atoms with E-state index in [4.69, 9.17) is 20.1 Å². The van der Waals surface area contributed by atoms with E-state index >= 15 is 0 Å². The predicted molar refractivity (Wildman–Crippen MR) is 240 cm³/mol. The molecular formula is C53H39N3O. The Bertz CT molecular complexity index is 3080. The molecule has 1 aromatic heterocycles. The Morgan fingerprint density at radius 1 is 0.561 bits per heavy atom. The summed E-state index contributed by atoms with van der Waals surface area (Å²) in [7, 11) is 0. The third kappa shape index (κ3) is 6.83. The molecule has 8 aromatic carbocycles. The zero-order valence-electron chi connectivity index (χ0n) is 31.3. The topological polar surface area (TPSA) is 63.9 Å². The van der Waals surface area contributed by atoms with Crippen LogP contribution in [0, 0.1) is 5.92 Å². The van der Waals surface area contributed by atoms with Gasteiger partial charge in [0.15, 0.2) is 5.84 Å². The fourth-order valence-electron chi connectivity index (χ4n) is 8.00. The van der Waals surface area contributed by atoms with Crippen molar-refractivity contribution in [2.45, 2.75) is 6.42 Å². The average Bonchev–Trinajstić information content (AvgIpc) is 3.66. The van der Waals surface area contributed by atoms with Gasteiger partial charge in [-0.15, -0.1) is 0 Å². The number of nitrogens with two attached hydrogens (primary N) is 1. The Labute approximate surface area is 331 Å². The van der Waals surface area contributed by atoms with Crippen LogP contribution in [0.4, 0.5) is 0 Å². The lowest BCUT2D eigenvalue weighted by atomic mass is 9.92. The van der Waals surface area contributed by atoms with Gasteiger partial charge in [-0.25, -0.2) is 4.99 Å². The van der Waals surface area contributed by atoms with Gasteiger partial charge in [-0.1, -0.05) is 158 Å². The second-order valence-electron chi connectivity index (χ2n) is 14.7. The molecule has 1 aliphatic carbocycles. The van der Waals surface area contributed by atoms with Gasteiger partial charge in [0.1, 0.15) is 17.0 Å². The van der Waals surface area contributed by atoms with Crippen molar-refractivity contribution >= 4 is 60.7 Å². The zero-order chi connectivity index (χ0) is 38.1. The molecule has 1 heterocycles. The Morgan fingerprint density at radius 2 is 1.26 bits per heavy atom. The highest BCUT2D eigenvalue weighted by Crippen LogP contribution is 2.41. The fourth-order valence-corrected chi connectivity index (χ4v) is 8.00. The number of rotatable bonds is 7. The number of para-hydroxylation sites is 1. The van der Waals surface area contributed by atoms with Crippen molar-refractivity contribution in [1.29, 1.82) is 0 Å². The third-order valence-corrected chi connectivity index (χ3v) is 11.0. The van der Waals surface area contributed by atoms with Gasteiger partial charge < -0.3 is 10.2 Å². The van der Waals surface area contributed by atoms with E-state index in [0.717, 1.165) is 72.5 Å². The Kier molecular flexibility index (Phi) is 8.85. The van der Waals surface area contributed by atoms with Gasteiger partial charge in [0.25, 0.3) is 0 Å². The second-order valence-corrected chi connectivity index (χ2v) is 14.7. The molecule has 4 heteroatoms. The minimum absolute atomic E-state index is 0.283. The van der Waals surface area contributed by atoms with Crippen molar-refractivity contribution < 1.29 is 4.42 Å². The van der Waals surface area contributed by atoms with Gasteiger partial charge in [-0.05, 0) is 97.8 Å². The number of furan rings is 1. The van der Waals surface area contributed by atoms with E-state index in [-0.39, 0.29) is 5.92 Å². The van der Waals surface area contributed by atoms with E-state index in [1.54, 1.807) is 0 Å². The molecule has 2 N–H and O–H groups in total. The molecule has 0 radical (unpaired) electrons. The summed E-state index contributed by atoms with van der Waals surface area (Å²) in [6, 6.07) is 61.5. The van der Waals surface area contributed by atoms with Crippen LogP contribution in [-0.4, -0.2) is 18.2 Å². The Balaban J connectivity index is 1.01. The van der Waals surface area contributed by atoms with Crippen molar-refractivity contribution in [3.8, 4) is 22.3 Å². The largest absolute Gasteiger partial charge is 0.456 e. The fraction of sp³-hybridized carbons (Fsp3) is 0.0566. The summed E-state index contributed by atoms with van der Waals surface area (Å²) < 4.78 is 6.51. The molecule has 9 aromatic rings. The van der Waals surface area contributed by atoms with Crippen molar-refractivity contribution in [2.75, 3.05) is 6.54 Å². The summed E-state index contributed by atoms with van der Waals surface area (Å²) >= 11 is 0. The maximum atomic E-state index is 6.84. The van der Waals surface area contributed by atoms with Crippen molar-refractivity contribution in [1.82, 2.24) is 0 Å². The van der Waals surface area contributed by atoms with E-state index in [1.807, 2.05) is 54.6 Å². The van der Waals surface area contributed by atoms with Crippen LogP contribution >= 0.6 is 0 Å². The highest BCUT2D eigenvalue weighted by Gasteiger charge is 2.17. The van der Waals surface area contributed by atoms with Crippen molar-refractivity contribution in [2.24, 2.45) is 21.6 Å². The Hall–Kier alpha value is -7.30. The van der Waals surface area contributed by atoms with Crippen molar-refractivity contribution in [3.63, 3.8) is 0 Å². The van der Waals surface area contributed by atoms with Gasteiger partial charge in [0.05, 0.1) is 0 Å². The van der Waals surface area contributed by atoms with Gasteiger partial charge in [-0.3, -0.25) is 4.99 Å². The smallest absolute Gasteiger partial charge is 0.157 e. The highest BCUT2D eigenvalue weighted by atomic mass is 16.3. The van der Waals surface area contributed by atoms with Crippen LogP contribution in [0.25, 0.3) is 71.3 Å². The molecule has 1 aliphatic rings. The first-order valence-corrected chi connectivity index (χ1v) is 19.5. The SMILES string of the molecule is NC(=NC(=NCC1C=CC(c2ccccc2)=CC1)c1ccccc1)c1ccc2ccc(-c3cc(-c4ccc5ccccc5c4)cc4oc5ccccc5c34)cc2c1. The first-order valence-electron chi connectivity index (χ1n) is 19.5. The molecule has 1 unspecified atom stereocenters. The van der Waals surface area contributed by atoms with Crippen LogP contribution in [0.15, 0.2) is 209 Å². The van der Waals surface area contributed by atoms with Gasteiger partial charge in [0.2, 0.25) is 0 Å². The van der Waals surface area contributed by atoms with E-state index in [1.165, 1.54) is 21.9 Å². The number of benzene rings is 8. The molecule has 1 atom stereocenters. The summed E-state index contributed by atoms with van der Waals surface area (Å²) in [5.74, 6) is 1.34. The highest BCUT2D eigenvalue weighted by molar-refractivity contribution is 6.15. The lowest BCUT2D eigenvalue weighted by molar-refractivity contribution is 0.669. The number of fused-ring (bicyclic) bond motifs is 5. The van der Waals surface area contributed by atoms with E-state index < -0.39 is 0 Å². The first-order chi connectivity index (χ1) is 28.1. The van der Waals surface area contributed by atoms with Crippen LogP contribution in [0.1, 0.15) is 23.1 Å². The minimum Gasteiger partial charge on any atom is -0.456 e. The minimum atomic E-state index is 0.283. The van der Waals surface area contributed by atoms with E-state index in [0.29, 0.717) is 18.2 Å². The van der Waals surface area contributed by atoms with Crippen LogP contribution in [0.2, 0.25) is 0 Å². The molecule has 272 valence electrons. The molecule has 0 fully saturated rings. The quantitative estimate of drug-likeness (QED) is 0.131. The van der Waals surface area contributed by atoms with Gasteiger partial charge >= 0.3 is 0 Å². The third-order valence-electron chi connectivity index (χ3n) is 11.0. The number of hydrogen-bond donors (Lipinski definition) is 1. The molecule has 0 saturated carbocycles. The second kappa shape index (κ2) is 14.7. The summed E-state index contributed by atoms with van der Waals surface area (Å²) in [5, 5.41) is 6.83. The molecule has 0 aliphatic heterocycles. The molecule has 0 saturated heterocycles. The van der Waals surface area contributed by atoms with Crippen LogP contribution in [-0.2, 0) is 0 Å². The van der Waals surface area contributed by atoms with Crippen LogP contribution in [0.3, 0.4) is 0 Å². The molecule has 57 heavy (non-hydrogen) atoms. The number of aliphatic imine (C=N–C) groups is 2. The lowest BCUT2D eigenvalue weighted by Gasteiger charge is -2.15. The van der Waals surface area contributed by atoms with Crippen LogP contribution < -0.4 is 5.73 Å². The number of nitrogens with zero attached hydrogens (tertiary/aromatic N) is 2. The summed E-state index contributed by atoms with van der Waals surface area (Å²) in [4.78, 5) is 10.0. The molecular weight excluding hydrogens is 695 g/mol. The first kappa shape index (κ1) is 34.2. The molecule has 0 bridgehead atoms. The predicted octanol–water partition coefficient (Wildman–Crippen LogP) is 13.0. The van der Waals surface area contributed by atoms with Crippen molar-refractivity contribution in [3.05, 3.63) is 211 Å². The maximum Gasteiger partial charge on any atom is 0.157 e. The average molecular weight is 734 g/mol. The van der Waals surface area contributed by atoms with Gasteiger partial charge in [0, 0.05) is 34.4 Å². The number of hydrogen-bond acceptors (Lipinski definition) is 2. The summed E-state index contributed by atoms with van der Waals surface area (Å²) in [6.45, 7) is 0.618. The van der Waals surface area contributed by atoms with Gasteiger partial charge in [-0.2, -0.15) is 0 Å². The lowest BCUT2D eigenvalue weighted by Crippen LogP contribution is -2.17. The Morgan fingerprint density at radius 3 is 2.09 bits per heavy atom. The zero-order valence-corrected chi connectivity index (χ0v) is 31.3. The summed E-state index contributed by atoms with van der Waals surface area (Å²) in [5.41, 5.74) is 17.3. The monoisotopic (exact) mass is 733 g/mol. The van der Waals surface area contributed by atoms with E-state index in [2.05, 4.69) is 140 Å². The standard InChI is InChI=1S/C53H39N3O/c54-52(56-53(40-14-5-2-6-15-40)55-34-35-19-21-38(22-20-35)36-11-3-1-4-12-36)44-28-25-39-24-27-43(30-45(39)31-44)48-32-46(42-26-23-37-13-7-8-16-41(37)29-42)33-50-51(48)47-17-9-10-18-49(47)57-50/h1-19,21-33,35H,20,34H2,(H2,54,55,56). The molecule has 0 spiro atoms. The summed E-state index contributed by atoms with van der Waals surface area (Å²) in [6.07, 6.45) is 7.70. The molecule has 10 rings (SSSR count). The van der Waals surface area contributed by atoms with Crippen LogP contribution in [0.5, 0.6) is 0 Å². The maximum absolute atomic E-state index is 6.84. The molecule has 4 nitrogen and oxygen atoms in total. The van der Waals surface area contributed by atoms with E-state index in [9.17, 15) is 0 Å². The number of amidine groups is 2. The molecule has 0 amide bonds. The normalized spacial score (nSPS) is 14.8.